The highest BCUT2D eigenvalue weighted by atomic mass is 16.5. The molecule has 0 radical (unpaired) electrons. The van der Waals surface area contributed by atoms with Gasteiger partial charge in [0, 0.05) is 25.1 Å². The van der Waals surface area contributed by atoms with E-state index in [2.05, 4.69) is 10.3 Å². The lowest BCUT2D eigenvalue weighted by Gasteiger charge is -2.25. The first-order valence-electron chi connectivity index (χ1n) is 11.3. The molecule has 1 N–H and O–H groups in total. The Kier molecular flexibility index (Phi) is 4.48. The lowest BCUT2D eigenvalue weighted by molar-refractivity contribution is -0.116. The fourth-order valence-corrected chi connectivity index (χ4v) is 5.18. The van der Waals surface area contributed by atoms with Crippen molar-refractivity contribution in [2.24, 2.45) is 0 Å². The van der Waals surface area contributed by atoms with E-state index in [-0.39, 0.29) is 24.0 Å². The summed E-state index contributed by atoms with van der Waals surface area (Å²) in [6.45, 7) is 3.54. The molecule has 0 aliphatic carbocycles. The standard InChI is InChI=1S/C24H25N3O5/c1-13-7-19-22(23-17(13)3-2-6-30-23)24(29)27-11-16(8-15(27)12-31-19)32-21-9-18-14(10-25-21)4-5-20(28)26-18/h7,9-10,15-16H,2-6,8,11-12H2,1H3,(H,26,28)/t15-,16+/m1/s1. The molecule has 2 amide bonds. The van der Waals surface area contributed by atoms with Gasteiger partial charge in [-0.2, -0.15) is 0 Å². The van der Waals surface area contributed by atoms with Crippen LogP contribution in [0.1, 0.15) is 46.3 Å². The zero-order valence-electron chi connectivity index (χ0n) is 18.0. The molecule has 0 spiro atoms. The number of carbonyl (C=O) groups is 2. The topological polar surface area (TPSA) is 90.0 Å². The number of amides is 2. The molecule has 2 atom stereocenters. The summed E-state index contributed by atoms with van der Waals surface area (Å²) in [6, 6.07) is 3.68. The second kappa shape index (κ2) is 7.39. The Morgan fingerprint density at radius 3 is 3.00 bits per heavy atom. The zero-order valence-corrected chi connectivity index (χ0v) is 18.0. The SMILES string of the molecule is Cc1cc2c(c3c1CCCO3)C(=O)N1C[C@@H](Oc3cc4c(cn3)CCC(=O)N4)C[C@@H]1CO2. The molecule has 8 heteroatoms. The van der Waals surface area contributed by atoms with Crippen molar-refractivity contribution in [3.63, 3.8) is 0 Å². The summed E-state index contributed by atoms with van der Waals surface area (Å²) in [5, 5.41) is 2.88. The Balaban J connectivity index is 1.24. The minimum Gasteiger partial charge on any atom is -0.492 e. The van der Waals surface area contributed by atoms with Gasteiger partial charge in [0.05, 0.1) is 24.9 Å². The first-order valence-corrected chi connectivity index (χ1v) is 11.3. The second-order valence-corrected chi connectivity index (χ2v) is 8.95. The highest BCUT2D eigenvalue weighted by Gasteiger charge is 2.42. The van der Waals surface area contributed by atoms with E-state index in [4.69, 9.17) is 14.2 Å². The molecule has 1 fully saturated rings. The van der Waals surface area contributed by atoms with Gasteiger partial charge in [0.2, 0.25) is 11.8 Å². The number of benzene rings is 1. The summed E-state index contributed by atoms with van der Waals surface area (Å²) < 4.78 is 18.2. The fourth-order valence-electron chi connectivity index (χ4n) is 5.18. The zero-order chi connectivity index (χ0) is 21.8. The van der Waals surface area contributed by atoms with E-state index in [0.717, 1.165) is 35.2 Å². The van der Waals surface area contributed by atoms with Crippen LogP contribution in [-0.4, -0.2) is 53.6 Å². The van der Waals surface area contributed by atoms with E-state index in [9.17, 15) is 9.59 Å². The van der Waals surface area contributed by atoms with Gasteiger partial charge in [0.1, 0.15) is 29.8 Å². The van der Waals surface area contributed by atoms with Crippen molar-refractivity contribution in [3.05, 3.63) is 40.6 Å². The molecule has 2 aromatic rings. The van der Waals surface area contributed by atoms with Crippen LogP contribution < -0.4 is 19.5 Å². The minimum absolute atomic E-state index is 0.00564. The summed E-state index contributed by atoms with van der Waals surface area (Å²) in [6.07, 6.45) is 5.26. The smallest absolute Gasteiger partial charge is 0.261 e. The lowest BCUT2D eigenvalue weighted by Crippen LogP contribution is -2.37. The van der Waals surface area contributed by atoms with Gasteiger partial charge in [0.15, 0.2) is 0 Å². The highest BCUT2D eigenvalue weighted by molar-refractivity contribution is 6.01. The maximum Gasteiger partial charge on any atom is 0.261 e. The van der Waals surface area contributed by atoms with E-state index in [1.165, 1.54) is 0 Å². The van der Waals surface area contributed by atoms with Gasteiger partial charge in [-0.15, -0.1) is 0 Å². The van der Waals surface area contributed by atoms with Gasteiger partial charge in [0.25, 0.3) is 5.91 Å². The molecule has 1 aromatic heterocycles. The highest BCUT2D eigenvalue weighted by Crippen LogP contribution is 2.42. The number of rotatable bonds is 2. The van der Waals surface area contributed by atoms with Gasteiger partial charge in [-0.05, 0) is 48.9 Å². The average Bonchev–Trinajstić information content (AvgIpc) is 3.14. The Labute approximate surface area is 185 Å². The number of anilines is 1. The summed E-state index contributed by atoms with van der Waals surface area (Å²) >= 11 is 0. The molecule has 8 nitrogen and oxygen atoms in total. The van der Waals surface area contributed by atoms with E-state index in [1.54, 1.807) is 12.3 Å². The average molecular weight is 435 g/mol. The van der Waals surface area contributed by atoms with Crippen molar-refractivity contribution in [2.45, 2.75) is 51.2 Å². The Morgan fingerprint density at radius 2 is 2.09 bits per heavy atom. The minimum atomic E-state index is -0.193. The van der Waals surface area contributed by atoms with Crippen LogP contribution in [0.5, 0.6) is 17.4 Å². The maximum absolute atomic E-state index is 13.6. The van der Waals surface area contributed by atoms with Crippen LogP contribution in [-0.2, 0) is 17.6 Å². The van der Waals surface area contributed by atoms with Crippen LogP contribution in [0.4, 0.5) is 5.69 Å². The van der Waals surface area contributed by atoms with Crippen molar-refractivity contribution in [3.8, 4) is 17.4 Å². The third-order valence-electron chi connectivity index (χ3n) is 6.81. The first-order chi connectivity index (χ1) is 15.6. The number of carbonyl (C=O) groups excluding carboxylic acids is 2. The number of ether oxygens (including phenoxy) is 3. The van der Waals surface area contributed by atoms with Crippen molar-refractivity contribution in [1.82, 2.24) is 9.88 Å². The summed E-state index contributed by atoms with van der Waals surface area (Å²) in [5.41, 5.74) is 4.53. The number of hydrogen-bond acceptors (Lipinski definition) is 6. The quantitative estimate of drug-likeness (QED) is 0.780. The van der Waals surface area contributed by atoms with Crippen LogP contribution in [0.3, 0.4) is 0 Å². The summed E-state index contributed by atoms with van der Waals surface area (Å²) in [5.74, 6) is 1.71. The van der Waals surface area contributed by atoms with Crippen LogP contribution >= 0.6 is 0 Å². The third-order valence-corrected chi connectivity index (χ3v) is 6.81. The first kappa shape index (κ1) is 19.4. The Hall–Kier alpha value is -3.29. The molecule has 0 bridgehead atoms. The van der Waals surface area contributed by atoms with Crippen LogP contribution in [0.25, 0.3) is 0 Å². The predicted octanol–water partition coefficient (Wildman–Crippen LogP) is 2.65. The van der Waals surface area contributed by atoms with Gasteiger partial charge >= 0.3 is 0 Å². The van der Waals surface area contributed by atoms with Gasteiger partial charge in [-0.25, -0.2) is 4.98 Å². The molecule has 4 aliphatic heterocycles. The molecule has 5 heterocycles. The van der Waals surface area contributed by atoms with E-state index in [1.807, 2.05) is 17.9 Å². The number of hydrogen-bond donors (Lipinski definition) is 1. The van der Waals surface area contributed by atoms with Crippen LogP contribution in [0.2, 0.25) is 0 Å². The van der Waals surface area contributed by atoms with Crippen molar-refractivity contribution in [1.29, 1.82) is 0 Å². The molecule has 0 saturated carbocycles. The van der Waals surface area contributed by atoms with Crippen molar-refractivity contribution in [2.75, 3.05) is 25.1 Å². The maximum atomic E-state index is 13.6. The van der Waals surface area contributed by atoms with E-state index >= 15 is 0 Å². The second-order valence-electron chi connectivity index (χ2n) is 8.95. The molecule has 4 aliphatic rings. The molecule has 166 valence electrons. The third kappa shape index (κ3) is 3.16. The number of fused-ring (bicyclic) bond motifs is 5. The fraction of sp³-hybridized carbons (Fsp3) is 0.458. The molecule has 0 unspecified atom stereocenters. The monoisotopic (exact) mass is 435 g/mol. The summed E-state index contributed by atoms with van der Waals surface area (Å²) in [4.78, 5) is 31.5. The predicted molar refractivity (Wildman–Crippen MR) is 116 cm³/mol. The molecular weight excluding hydrogens is 410 g/mol. The van der Waals surface area contributed by atoms with Crippen molar-refractivity contribution < 1.29 is 23.8 Å². The van der Waals surface area contributed by atoms with Crippen LogP contribution in [0, 0.1) is 6.92 Å². The largest absolute Gasteiger partial charge is 0.492 e. The van der Waals surface area contributed by atoms with Gasteiger partial charge in [-0.3, -0.25) is 9.59 Å². The number of nitrogens with zero attached hydrogens (tertiary/aromatic N) is 2. The van der Waals surface area contributed by atoms with E-state index in [0.29, 0.717) is 62.0 Å². The van der Waals surface area contributed by atoms with Crippen LogP contribution in [0.15, 0.2) is 18.3 Å². The molecule has 1 saturated heterocycles. The number of aromatic nitrogens is 1. The van der Waals surface area contributed by atoms with Gasteiger partial charge in [-0.1, -0.05) is 0 Å². The number of aryl methyl sites for hydroxylation is 2. The Bertz CT molecular complexity index is 1130. The molecule has 6 rings (SSSR count). The lowest BCUT2D eigenvalue weighted by atomic mass is 9.96. The normalized spacial score (nSPS) is 23.6. The number of nitrogens with one attached hydrogen (secondary N) is 1. The summed E-state index contributed by atoms with van der Waals surface area (Å²) in [7, 11) is 0. The molecular formula is C24H25N3O5. The number of pyridine rings is 1. The molecule has 32 heavy (non-hydrogen) atoms. The van der Waals surface area contributed by atoms with Gasteiger partial charge < -0.3 is 24.4 Å². The molecule has 1 aromatic carbocycles. The van der Waals surface area contributed by atoms with Crippen molar-refractivity contribution >= 4 is 17.5 Å². The Morgan fingerprint density at radius 1 is 1.19 bits per heavy atom. The van der Waals surface area contributed by atoms with E-state index < -0.39 is 0 Å².